The van der Waals surface area contributed by atoms with Gasteiger partial charge in [0, 0.05) is 18.8 Å². The van der Waals surface area contributed by atoms with Crippen LogP contribution in [0.25, 0.3) is 0 Å². The smallest absolute Gasteiger partial charge is 0.137 e. The molecule has 0 aliphatic rings. The second-order valence-corrected chi connectivity index (χ2v) is 2.98. The predicted octanol–water partition coefficient (Wildman–Crippen LogP) is 1.54. The molecule has 0 saturated carbocycles. The highest BCUT2D eigenvalue weighted by atomic mass is 16.5. The first-order valence-electron chi connectivity index (χ1n) is 4.70. The topological polar surface area (TPSA) is 34.1 Å². The van der Waals surface area contributed by atoms with Crippen LogP contribution in [-0.4, -0.2) is 24.7 Å². The molecule has 0 saturated heterocycles. The summed E-state index contributed by atoms with van der Waals surface area (Å²) in [5.41, 5.74) is 1.00. The molecule has 14 heavy (non-hydrogen) atoms. The summed E-state index contributed by atoms with van der Waals surface area (Å²) in [5.74, 6) is 0.816. The second kappa shape index (κ2) is 6.16. The van der Waals surface area contributed by atoms with Gasteiger partial charge in [0.1, 0.15) is 12.4 Å². The molecule has 0 fully saturated rings. The monoisotopic (exact) mass is 192 g/mol. The Morgan fingerprint density at radius 3 is 3.07 bits per heavy atom. The number of nitrogens with zero attached hydrogens (tertiary/aromatic N) is 1. The van der Waals surface area contributed by atoms with Gasteiger partial charge >= 0.3 is 0 Å². The normalized spacial score (nSPS) is 9.79. The van der Waals surface area contributed by atoms with Crippen molar-refractivity contribution in [2.45, 2.75) is 6.92 Å². The molecule has 0 aromatic carbocycles. The van der Waals surface area contributed by atoms with E-state index < -0.39 is 0 Å². The molecule has 1 aromatic heterocycles. The van der Waals surface area contributed by atoms with E-state index in [-0.39, 0.29) is 0 Å². The van der Waals surface area contributed by atoms with Gasteiger partial charge in [0.05, 0.1) is 6.20 Å². The van der Waals surface area contributed by atoms with Gasteiger partial charge in [0.2, 0.25) is 0 Å². The molecular weight excluding hydrogens is 176 g/mol. The van der Waals surface area contributed by atoms with Gasteiger partial charge in [-0.15, -0.1) is 6.58 Å². The van der Waals surface area contributed by atoms with Gasteiger partial charge in [0.25, 0.3) is 0 Å². The third-order valence-electron chi connectivity index (χ3n) is 1.72. The van der Waals surface area contributed by atoms with Crippen LogP contribution in [0, 0.1) is 6.92 Å². The fourth-order valence-corrected chi connectivity index (χ4v) is 0.985. The van der Waals surface area contributed by atoms with Crippen molar-refractivity contribution in [1.82, 2.24) is 10.3 Å². The van der Waals surface area contributed by atoms with Crippen LogP contribution in [0.2, 0.25) is 0 Å². The highest BCUT2D eigenvalue weighted by molar-refractivity contribution is 5.18. The van der Waals surface area contributed by atoms with Gasteiger partial charge in [-0.05, 0) is 19.1 Å². The lowest BCUT2D eigenvalue weighted by Crippen LogP contribution is -2.20. The summed E-state index contributed by atoms with van der Waals surface area (Å²) < 4.78 is 5.45. The highest BCUT2D eigenvalue weighted by Gasteiger charge is 1.92. The van der Waals surface area contributed by atoms with Crippen LogP contribution < -0.4 is 10.1 Å². The number of aromatic nitrogens is 1. The molecule has 0 aliphatic carbocycles. The van der Waals surface area contributed by atoms with Crippen molar-refractivity contribution in [3.63, 3.8) is 0 Å². The van der Waals surface area contributed by atoms with E-state index in [1.54, 1.807) is 6.20 Å². The van der Waals surface area contributed by atoms with E-state index in [1.165, 1.54) is 0 Å². The number of rotatable bonds is 6. The minimum absolute atomic E-state index is 0.651. The van der Waals surface area contributed by atoms with E-state index in [2.05, 4.69) is 16.9 Å². The summed E-state index contributed by atoms with van der Waals surface area (Å²) in [7, 11) is 0. The lowest BCUT2D eigenvalue weighted by molar-refractivity contribution is 0.315. The Morgan fingerprint density at radius 1 is 1.57 bits per heavy atom. The molecule has 1 N–H and O–H groups in total. The standard InChI is InChI=1S/C11H16N2O/c1-3-6-12-7-8-14-11-5-4-10(2)13-9-11/h3-5,9,12H,1,6-8H2,2H3. The van der Waals surface area contributed by atoms with Gasteiger partial charge in [0.15, 0.2) is 0 Å². The van der Waals surface area contributed by atoms with E-state index in [4.69, 9.17) is 4.74 Å². The lowest BCUT2D eigenvalue weighted by Gasteiger charge is -2.05. The third kappa shape index (κ3) is 4.05. The minimum Gasteiger partial charge on any atom is -0.491 e. The Labute approximate surface area is 84.8 Å². The first-order valence-corrected chi connectivity index (χ1v) is 4.70. The van der Waals surface area contributed by atoms with E-state index in [1.807, 2.05) is 25.1 Å². The number of nitrogens with one attached hydrogen (secondary N) is 1. The molecule has 1 aromatic rings. The zero-order valence-corrected chi connectivity index (χ0v) is 8.49. The van der Waals surface area contributed by atoms with Crippen LogP contribution in [0.1, 0.15) is 5.69 Å². The highest BCUT2D eigenvalue weighted by Crippen LogP contribution is 2.07. The van der Waals surface area contributed by atoms with Crippen molar-refractivity contribution in [3.8, 4) is 5.75 Å². The summed E-state index contributed by atoms with van der Waals surface area (Å²) in [6.07, 6.45) is 3.57. The van der Waals surface area contributed by atoms with E-state index in [0.717, 1.165) is 24.5 Å². The third-order valence-corrected chi connectivity index (χ3v) is 1.72. The average Bonchev–Trinajstić information content (AvgIpc) is 2.21. The maximum absolute atomic E-state index is 5.45. The molecule has 1 heterocycles. The first-order chi connectivity index (χ1) is 6.83. The van der Waals surface area contributed by atoms with Crippen molar-refractivity contribution >= 4 is 0 Å². The number of hydrogen-bond acceptors (Lipinski definition) is 3. The zero-order chi connectivity index (χ0) is 10.2. The summed E-state index contributed by atoms with van der Waals surface area (Å²) in [6.45, 7) is 7.85. The lowest BCUT2D eigenvalue weighted by atomic mass is 10.4. The van der Waals surface area contributed by atoms with Gasteiger partial charge < -0.3 is 10.1 Å². The molecule has 0 spiro atoms. The van der Waals surface area contributed by atoms with E-state index >= 15 is 0 Å². The Balaban J connectivity index is 2.18. The molecule has 3 nitrogen and oxygen atoms in total. The van der Waals surface area contributed by atoms with Crippen molar-refractivity contribution in [3.05, 3.63) is 36.7 Å². The fraction of sp³-hybridized carbons (Fsp3) is 0.364. The van der Waals surface area contributed by atoms with Crippen molar-refractivity contribution in [1.29, 1.82) is 0 Å². The Hall–Kier alpha value is -1.35. The van der Waals surface area contributed by atoms with Crippen LogP contribution in [0.15, 0.2) is 31.0 Å². The maximum atomic E-state index is 5.45. The minimum atomic E-state index is 0.651. The Kier molecular flexibility index (Phi) is 4.72. The van der Waals surface area contributed by atoms with Crippen LogP contribution in [-0.2, 0) is 0 Å². The molecule has 0 bridgehead atoms. The van der Waals surface area contributed by atoms with E-state index in [0.29, 0.717) is 6.61 Å². The number of aryl methyl sites for hydroxylation is 1. The van der Waals surface area contributed by atoms with Gasteiger partial charge in [-0.25, -0.2) is 0 Å². The largest absolute Gasteiger partial charge is 0.491 e. The Bertz CT molecular complexity index is 269. The van der Waals surface area contributed by atoms with Crippen LogP contribution in [0.3, 0.4) is 0 Å². The summed E-state index contributed by atoms with van der Waals surface area (Å²) >= 11 is 0. The Morgan fingerprint density at radius 2 is 2.43 bits per heavy atom. The van der Waals surface area contributed by atoms with Crippen molar-refractivity contribution < 1.29 is 4.74 Å². The molecule has 0 atom stereocenters. The zero-order valence-electron chi connectivity index (χ0n) is 8.49. The van der Waals surface area contributed by atoms with Crippen molar-refractivity contribution in [2.75, 3.05) is 19.7 Å². The van der Waals surface area contributed by atoms with Gasteiger partial charge in [-0.1, -0.05) is 6.08 Å². The first kappa shape index (κ1) is 10.7. The number of pyridine rings is 1. The van der Waals surface area contributed by atoms with Gasteiger partial charge in [-0.2, -0.15) is 0 Å². The molecule has 0 amide bonds. The van der Waals surface area contributed by atoms with Crippen LogP contribution in [0.4, 0.5) is 0 Å². The predicted molar refractivity (Wildman–Crippen MR) is 57.5 cm³/mol. The number of ether oxygens (including phenoxy) is 1. The molecular formula is C11H16N2O. The SMILES string of the molecule is C=CCNCCOc1ccc(C)nc1. The van der Waals surface area contributed by atoms with Gasteiger partial charge in [-0.3, -0.25) is 4.98 Å². The fourth-order valence-electron chi connectivity index (χ4n) is 0.985. The van der Waals surface area contributed by atoms with Crippen molar-refractivity contribution in [2.24, 2.45) is 0 Å². The summed E-state index contributed by atoms with van der Waals surface area (Å²) in [5, 5.41) is 3.15. The van der Waals surface area contributed by atoms with E-state index in [9.17, 15) is 0 Å². The maximum Gasteiger partial charge on any atom is 0.137 e. The molecule has 0 aliphatic heterocycles. The average molecular weight is 192 g/mol. The summed E-state index contributed by atoms with van der Waals surface area (Å²) in [6, 6.07) is 3.86. The van der Waals surface area contributed by atoms with Crippen LogP contribution >= 0.6 is 0 Å². The van der Waals surface area contributed by atoms with Crippen LogP contribution in [0.5, 0.6) is 5.75 Å². The molecule has 1 rings (SSSR count). The summed E-state index contributed by atoms with van der Waals surface area (Å²) in [4.78, 5) is 4.13. The molecule has 0 radical (unpaired) electrons. The second-order valence-electron chi connectivity index (χ2n) is 2.98. The molecule has 0 unspecified atom stereocenters. The quantitative estimate of drug-likeness (QED) is 0.548. The molecule has 3 heteroatoms. The number of hydrogen-bond donors (Lipinski definition) is 1. The molecule has 76 valence electrons.